The Balaban J connectivity index is 1.58. The molecule has 22 heavy (non-hydrogen) atoms. The summed E-state index contributed by atoms with van der Waals surface area (Å²) in [4.78, 5) is 4.55. The minimum absolute atomic E-state index is 0.462. The first-order valence-electron chi connectivity index (χ1n) is 8.05. The Morgan fingerprint density at radius 1 is 1.00 bits per heavy atom. The van der Waals surface area contributed by atoms with Crippen molar-refractivity contribution in [3.05, 3.63) is 77.5 Å². The summed E-state index contributed by atoms with van der Waals surface area (Å²) in [5.41, 5.74) is 5.37. The van der Waals surface area contributed by atoms with E-state index >= 15 is 0 Å². The van der Waals surface area contributed by atoms with Crippen molar-refractivity contribution in [1.82, 2.24) is 10.3 Å². The second-order valence-electron chi connectivity index (χ2n) is 6.02. The van der Waals surface area contributed by atoms with E-state index in [9.17, 15) is 0 Å². The summed E-state index contributed by atoms with van der Waals surface area (Å²) in [7, 11) is 0. The average molecular weight is 288 g/mol. The number of para-hydroxylation sites is 1. The van der Waals surface area contributed by atoms with Crippen LogP contribution in [0.15, 0.2) is 60.8 Å². The van der Waals surface area contributed by atoms with Crippen LogP contribution in [0.1, 0.15) is 35.6 Å². The smallest absolute Gasteiger partial charge is 0.0746 e. The van der Waals surface area contributed by atoms with Gasteiger partial charge in [-0.15, -0.1) is 0 Å². The largest absolute Gasteiger partial charge is 0.306 e. The number of hydrogen-bond acceptors (Lipinski definition) is 2. The first-order chi connectivity index (χ1) is 10.9. The SMILES string of the molecule is c1ccc2c(c1)CCCC2NCc1cccc2cccnc12. The van der Waals surface area contributed by atoms with E-state index in [0.717, 1.165) is 12.1 Å². The summed E-state index contributed by atoms with van der Waals surface area (Å²) >= 11 is 0. The monoisotopic (exact) mass is 288 g/mol. The van der Waals surface area contributed by atoms with Gasteiger partial charge in [0.2, 0.25) is 0 Å². The number of aryl methyl sites for hydroxylation is 1. The molecule has 4 rings (SSSR count). The van der Waals surface area contributed by atoms with Crippen LogP contribution >= 0.6 is 0 Å². The van der Waals surface area contributed by atoms with Gasteiger partial charge in [0.15, 0.2) is 0 Å². The molecule has 0 amide bonds. The molecule has 0 aliphatic heterocycles. The molecule has 0 saturated heterocycles. The molecule has 0 spiro atoms. The Hall–Kier alpha value is -2.19. The maximum atomic E-state index is 4.55. The lowest BCUT2D eigenvalue weighted by Gasteiger charge is -2.26. The van der Waals surface area contributed by atoms with Crippen LogP contribution in [0, 0.1) is 0 Å². The van der Waals surface area contributed by atoms with Crippen LogP contribution in [0.4, 0.5) is 0 Å². The van der Waals surface area contributed by atoms with Gasteiger partial charge in [0.1, 0.15) is 0 Å². The van der Waals surface area contributed by atoms with E-state index in [4.69, 9.17) is 0 Å². The van der Waals surface area contributed by atoms with Gasteiger partial charge in [-0.05, 0) is 42.0 Å². The zero-order valence-corrected chi connectivity index (χ0v) is 12.6. The van der Waals surface area contributed by atoms with E-state index < -0.39 is 0 Å². The predicted molar refractivity (Wildman–Crippen MR) is 90.7 cm³/mol. The number of nitrogens with zero attached hydrogens (tertiary/aromatic N) is 1. The summed E-state index contributed by atoms with van der Waals surface area (Å²) < 4.78 is 0. The summed E-state index contributed by atoms with van der Waals surface area (Å²) in [6, 6.07) is 19.8. The zero-order chi connectivity index (χ0) is 14.8. The molecule has 2 aromatic carbocycles. The van der Waals surface area contributed by atoms with E-state index in [1.165, 1.54) is 41.3 Å². The molecule has 1 N–H and O–H groups in total. The third kappa shape index (κ3) is 2.51. The summed E-state index contributed by atoms with van der Waals surface area (Å²) in [6.07, 6.45) is 5.57. The van der Waals surface area contributed by atoms with Crippen molar-refractivity contribution in [2.45, 2.75) is 31.8 Å². The Morgan fingerprint density at radius 3 is 2.91 bits per heavy atom. The van der Waals surface area contributed by atoms with Gasteiger partial charge in [0.25, 0.3) is 0 Å². The fraction of sp³-hybridized carbons (Fsp3) is 0.250. The molecule has 0 bridgehead atoms. The van der Waals surface area contributed by atoms with Crippen LogP contribution in [-0.4, -0.2) is 4.98 Å². The Kier molecular flexibility index (Phi) is 3.61. The molecule has 3 aromatic rings. The van der Waals surface area contributed by atoms with Crippen molar-refractivity contribution in [3.63, 3.8) is 0 Å². The second-order valence-corrected chi connectivity index (χ2v) is 6.02. The van der Waals surface area contributed by atoms with Gasteiger partial charge in [-0.3, -0.25) is 4.98 Å². The Labute approximate surface area is 131 Å². The lowest BCUT2D eigenvalue weighted by atomic mass is 9.87. The standard InChI is InChI=1S/C20H20N2/c1-2-11-18-15(6-1)7-4-12-19(18)22-14-17-9-3-8-16-10-5-13-21-20(16)17/h1-3,5-6,8-11,13,19,22H,4,7,12,14H2. The number of pyridine rings is 1. The van der Waals surface area contributed by atoms with Gasteiger partial charge in [-0.25, -0.2) is 0 Å². The molecule has 1 aliphatic rings. The first kappa shape index (κ1) is 13.5. The van der Waals surface area contributed by atoms with Crippen LogP contribution in [0.5, 0.6) is 0 Å². The molecule has 1 unspecified atom stereocenters. The molecule has 1 aromatic heterocycles. The van der Waals surface area contributed by atoms with Crippen molar-refractivity contribution in [2.75, 3.05) is 0 Å². The maximum Gasteiger partial charge on any atom is 0.0746 e. The molecule has 2 heteroatoms. The van der Waals surface area contributed by atoms with E-state index in [2.05, 4.69) is 58.8 Å². The first-order valence-corrected chi connectivity index (χ1v) is 8.05. The minimum atomic E-state index is 0.462. The number of hydrogen-bond donors (Lipinski definition) is 1. The third-order valence-corrected chi connectivity index (χ3v) is 4.62. The molecule has 110 valence electrons. The zero-order valence-electron chi connectivity index (χ0n) is 12.6. The Bertz CT molecular complexity index is 789. The highest BCUT2D eigenvalue weighted by atomic mass is 14.9. The fourth-order valence-electron chi connectivity index (χ4n) is 3.51. The van der Waals surface area contributed by atoms with Gasteiger partial charge in [-0.2, -0.15) is 0 Å². The van der Waals surface area contributed by atoms with Crippen molar-refractivity contribution < 1.29 is 0 Å². The quantitative estimate of drug-likeness (QED) is 0.772. The molecule has 0 fully saturated rings. The number of nitrogens with one attached hydrogen (secondary N) is 1. The minimum Gasteiger partial charge on any atom is -0.306 e. The summed E-state index contributed by atoms with van der Waals surface area (Å²) in [5.74, 6) is 0. The van der Waals surface area contributed by atoms with Crippen molar-refractivity contribution in [1.29, 1.82) is 0 Å². The van der Waals surface area contributed by atoms with E-state index in [1.54, 1.807) is 0 Å². The number of benzene rings is 2. The molecule has 0 saturated carbocycles. The molecular weight excluding hydrogens is 268 g/mol. The van der Waals surface area contributed by atoms with Gasteiger partial charge < -0.3 is 5.32 Å². The maximum absolute atomic E-state index is 4.55. The fourth-order valence-corrected chi connectivity index (χ4v) is 3.51. The number of fused-ring (bicyclic) bond motifs is 2. The third-order valence-electron chi connectivity index (χ3n) is 4.62. The predicted octanol–water partition coefficient (Wildman–Crippen LogP) is 4.40. The molecule has 1 atom stereocenters. The van der Waals surface area contributed by atoms with Crippen molar-refractivity contribution >= 4 is 10.9 Å². The van der Waals surface area contributed by atoms with Crippen LogP contribution in [0.25, 0.3) is 10.9 Å². The van der Waals surface area contributed by atoms with Crippen LogP contribution < -0.4 is 5.32 Å². The van der Waals surface area contributed by atoms with Gasteiger partial charge in [0.05, 0.1) is 5.52 Å². The topological polar surface area (TPSA) is 24.9 Å². The van der Waals surface area contributed by atoms with Gasteiger partial charge in [0, 0.05) is 24.2 Å². The Morgan fingerprint density at radius 2 is 1.91 bits per heavy atom. The number of rotatable bonds is 3. The molecule has 1 heterocycles. The highest BCUT2D eigenvalue weighted by Crippen LogP contribution is 2.30. The second kappa shape index (κ2) is 5.90. The highest BCUT2D eigenvalue weighted by Gasteiger charge is 2.19. The average Bonchev–Trinajstić information content (AvgIpc) is 2.60. The van der Waals surface area contributed by atoms with Crippen LogP contribution in [0.3, 0.4) is 0 Å². The van der Waals surface area contributed by atoms with E-state index in [1.807, 2.05) is 12.3 Å². The highest BCUT2D eigenvalue weighted by molar-refractivity contribution is 5.81. The van der Waals surface area contributed by atoms with Crippen LogP contribution in [0.2, 0.25) is 0 Å². The lowest BCUT2D eigenvalue weighted by Crippen LogP contribution is -2.24. The number of aromatic nitrogens is 1. The normalized spacial score (nSPS) is 17.4. The van der Waals surface area contributed by atoms with Gasteiger partial charge in [-0.1, -0.05) is 48.5 Å². The summed E-state index contributed by atoms with van der Waals surface area (Å²) in [5, 5.41) is 4.96. The molecule has 0 radical (unpaired) electrons. The lowest BCUT2D eigenvalue weighted by molar-refractivity contribution is 0.460. The van der Waals surface area contributed by atoms with Crippen LogP contribution in [-0.2, 0) is 13.0 Å². The summed E-state index contributed by atoms with van der Waals surface area (Å²) in [6.45, 7) is 0.868. The van der Waals surface area contributed by atoms with Gasteiger partial charge >= 0.3 is 0 Å². The molecule has 1 aliphatic carbocycles. The molecule has 2 nitrogen and oxygen atoms in total. The van der Waals surface area contributed by atoms with E-state index in [-0.39, 0.29) is 0 Å². The van der Waals surface area contributed by atoms with Crippen molar-refractivity contribution in [2.24, 2.45) is 0 Å². The van der Waals surface area contributed by atoms with Crippen molar-refractivity contribution in [3.8, 4) is 0 Å². The molecular formula is C20H20N2. The van der Waals surface area contributed by atoms with E-state index in [0.29, 0.717) is 6.04 Å².